The van der Waals surface area contributed by atoms with E-state index < -0.39 is 28.9 Å². The fraction of sp³-hybridized carbons (Fsp3) is 0.758. The zero-order chi connectivity index (χ0) is 25.0. The fourth-order valence-corrected chi connectivity index (χ4v) is 16.4. The van der Waals surface area contributed by atoms with Gasteiger partial charge in [0.1, 0.15) is 0 Å². The zero-order valence-corrected chi connectivity index (χ0v) is 29.8. The zero-order valence-electron chi connectivity index (χ0n) is 24.8. The molecular formula is C33H56Cl2SiZr. The topological polar surface area (TPSA) is 0 Å². The van der Waals surface area contributed by atoms with E-state index in [2.05, 4.69) is 57.3 Å². The third-order valence-electron chi connectivity index (χ3n) is 11.4. The molecule has 0 heterocycles. The van der Waals surface area contributed by atoms with Crippen LogP contribution in [0.15, 0.2) is 30.3 Å². The molecule has 1 aromatic carbocycles. The Balaban J connectivity index is 0.000000919. The quantitative estimate of drug-likeness (QED) is 0.214. The molecule has 4 saturated carbocycles. The molecule has 4 aliphatic carbocycles. The van der Waals surface area contributed by atoms with Crippen molar-refractivity contribution in [2.24, 2.45) is 35.5 Å². The standard InChI is InChI=1S/C31H50Si.2CH3.2ClH.Zr/c1-5-6-13-24-21-30(27-17-11-10-16-26(24)27)32(3,4)31-22(2)20-29-25(18-12-19-28(29)31)23-14-8-7-9-15-23;;;;;/h7-9,14-15,22,24-31H,5-6,10-13,16-21H2,1-4H3;2*1H3;2*1H;/q;2*-1;;;+4/p-2. The molecule has 0 amide bonds. The summed E-state index contributed by atoms with van der Waals surface area (Å²) in [6, 6.07) is 11.7. The number of unbranched alkanes of at least 4 members (excludes halogenated alkanes) is 1. The van der Waals surface area contributed by atoms with Crippen LogP contribution in [0.3, 0.4) is 0 Å². The summed E-state index contributed by atoms with van der Waals surface area (Å²) in [6.07, 6.45) is 18.2. The van der Waals surface area contributed by atoms with Gasteiger partial charge in [-0.05, 0) is 83.8 Å². The monoisotopic (exact) mass is 640 g/mol. The first-order valence-electron chi connectivity index (χ1n) is 14.9. The van der Waals surface area contributed by atoms with Gasteiger partial charge < -0.3 is 14.9 Å². The van der Waals surface area contributed by atoms with E-state index in [0.717, 1.165) is 52.5 Å². The molecule has 5 rings (SSSR count). The van der Waals surface area contributed by atoms with Crippen LogP contribution in [0.2, 0.25) is 24.2 Å². The van der Waals surface area contributed by atoms with Crippen molar-refractivity contribution < 1.29 is 20.8 Å². The second-order valence-corrected chi connectivity index (χ2v) is 22.0. The maximum absolute atomic E-state index is 4.93. The van der Waals surface area contributed by atoms with Gasteiger partial charge in [-0.25, -0.2) is 0 Å². The predicted octanol–water partition coefficient (Wildman–Crippen LogP) is 12.0. The van der Waals surface area contributed by atoms with Crippen molar-refractivity contribution in [2.75, 3.05) is 0 Å². The number of hydrogen-bond acceptors (Lipinski definition) is 0. The Bertz CT molecular complexity index is 771. The van der Waals surface area contributed by atoms with Crippen LogP contribution in [-0.2, 0) is 20.8 Å². The number of benzene rings is 1. The van der Waals surface area contributed by atoms with Gasteiger partial charge in [0.2, 0.25) is 0 Å². The molecule has 37 heavy (non-hydrogen) atoms. The molecule has 210 valence electrons. The first kappa shape index (κ1) is 34.1. The second-order valence-electron chi connectivity index (χ2n) is 13.3. The molecule has 0 aromatic heterocycles. The van der Waals surface area contributed by atoms with Crippen molar-refractivity contribution in [3.8, 4) is 0 Å². The predicted molar refractivity (Wildman–Crippen MR) is 166 cm³/mol. The number of rotatable bonds is 6. The molecule has 0 N–H and O–H groups in total. The van der Waals surface area contributed by atoms with E-state index in [9.17, 15) is 0 Å². The molecule has 0 nitrogen and oxygen atoms in total. The molecule has 0 saturated heterocycles. The Hall–Kier alpha value is 0.900. The first-order chi connectivity index (χ1) is 16.9. The normalized spacial score (nSPS) is 36.5. The summed E-state index contributed by atoms with van der Waals surface area (Å²) in [5.41, 5.74) is 3.86. The van der Waals surface area contributed by atoms with Crippen molar-refractivity contribution in [3.63, 3.8) is 0 Å². The third kappa shape index (κ3) is 7.41. The summed E-state index contributed by atoms with van der Waals surface area (Å²) in [5.74, 6) is 7.09. The molecule has 4 aliphatic rings. The van der Waals surface area contributed by atoms with Gasteiger partial charge in [-0.15, -0.1) is 0 Å². The van der Waals surface area contributed by atoms with Crippen molar-refractivity contribution in [1.82, 2.24) is 0 Å². The van der Waals surface area contributed by atoms with Crippen LogP contribution in [0.1, 0.15) is 102 Å². The van der Waals surface area contributed by atoms with Gasteiger partial charge >= 0.3 is 37.9 Å². The molecule has 1 aromatic rings. The van der Waals surface area contributed by atoms with Crippen LogP contribution in [0.25, 0.3) is 0 Å². The summed E-state index contributed by atoms with van der Waals surface area (Å²) in [5, 5.41) is 0. The Morgan fingerprint density at radius 3 is 2.11 bits per heavy atom. The van der Waals surface area contributed by atoms with Crippen LogP contribution in [0.5, 0.6) is 0 Å². The van der Waals surface area contributed by atoms with E-state index in [1.165, 1.54) is 44.9 Å². The van der Waals surface area contributed by atoms with Crippen molar-refractivity contribution in [1.29, 1.82) is 0 Å². The molecule has 0 bridgehead atoms. The fourth-order valence-electron chi connectivity index (χ4n) is 10.3. The first-order valence-corrected chi connectivity index (χ1v) is 24.4. The van der Waals surface area contributed by atoms with Gasteiger partial charge in [-0.2, -0.15) is 0 Å². The molecule has 9 atom stereocenters. The summed E-state index contributed by atoms with van der Waals surface area (Å²) in [6.45, 7) is 10.9. The van der Waals surface area contributed by atoms with Crippen LogP contribution < -0.4 is 0 Å². The van der Waals surface area contributed by atoms with Crippen molar-refractivity contribution >= 4 is 25.1 Å². The summed E-state index contributed by atoms with van der Waals surface area (Å²) in [7, 11) is 8.54. The van der Waals surface area contributed by atoms with E-state index in [1.807, 2.05) is 0 Å². The maximum atomic E-state index is 4.93. The molecular weight excluding hydrogens is 587 g/mol. The molecule has 4 fully saturated rings. The summed E-state index contributed by atoms with van der Waals surface area (Å²) >= 11 is -0.826. The van der Waals surface area contributed by atoms with E-state index in [4.69, 9.17) is 17.0 Å². The summed E-state index contributed by atoms with van der Waals surface area (Å²) in [4.78, 5) is 0. The second kappa shape index (κ2) is 15.8. The summed E-state index contributed by atoms with van der Waals surface area (Å²) < 4.78 is 0. The van der Waals surface area contributed by atoms with E-state index in [0.29, 0.717) is 0 Å². The van der Waals surface area contributed by atoms with Gasteiger partial charge in [-0.1, -0.05) is 109 Å². The van der Waals surface area contributed by atoms with E-state index in [-0.39, 0.29) is 14.9 Å². The number of halogens is 2. The number of hydrogen-bond donors (Lipinski definition) is 0. The average Bonchev–Trinajstić information content (AvgIpc) is 3.41. The van der Waals surface area contributed by atoms with Crippen LogP contribution in [-0.4, -0.2) is 8.07 Å². The Labute approximate surface area is 251 Å². The molecule has 4 heteroatoms. The molecule has 0 aliphatic heterocycles. The van der Waals surface area contributed by atoms with Gasteiger partial charge in [-0.3, -0.25) is 0 Å². The minimum absolute atomic E-state index is 0. The van der Waals surface area contributed by atoms with Gasteiger partial charge in [0.15, 0.2) is 0 Å². The van der Waals surface area contributed by atoms with Gasteiger partial charge in [0, 0.05) is 0 Å². The Morgan fingerprint density at radius 2 is 1.46 bits per heavy atom. The van der Waals surface area contributed by atoms with Crippen molar-refractivity contribution in [2.45, 2.75) is 121 Å². The van der Waals surface area contributed by atoms with Crippen molar-refractivity contribution in [3.05, 3.63) is 50.7 Å². The Morgan fingerprint density at radius 1 is 0.838 bits per heavy atom. The molecule has 9 unspecified atom stereocenters. The number of fused-ring (bicyclic) bond motifs is 2. The van der Waals surface area contributed by atoms with E-state index in [1.54, 1.807) is 37.7 Å². The van der Waals surface area contributed by atoms with Gasteiger partial charge in [0.05, 0.1) is 8.07 Å². The molecule has 0 spiro atoms. The van der Waals surface area contributed by atoms with Crippen LogP contribution in [0, 0.1) is 50.4 Å². The third-order valence-corrected chi connectivity index (χ3v) is 16.7. The average molecular weight is 643 g/mol. The van der Waals surface area contributed by atoms with Gasteiger partial charge in [0.25, 0.3) is 0 Å². The van der Waals surface area contributed by atoms with Crippen LogP contribution in [0.4, 0.5) is 0 Å². The minimum atomic E-state index is -1.33. The SMILES string of the molecule is CCCCC1CC([Si](C)(C)C2C(C)CC3C(c4ccccc4)CCCC32)C2CCCCC12.[CH3-].[CH3-].[Cl][Zr+2][Cl]. The van der Waals surface area contributed by atoms with E-state index >= 15 is 0 Å². The molecule has 0 radical (unpaired) electrons. The Kier molecular flexibility index (Phi) is 14.5. The van der Waals surface area contributed by atoms with Crippen LogP contribution >= 0.6 is 17.0 Å².